The van der Waals surface area contributed by atoms with E-state index in [1.165, 1.54) is 51.2 Å². The Labute approximate surface area is 197 Å². The van der Waals surface area contributed by atoms with Gasteiger partial charge in [-0.15, -0.1) is 0 Å². The summed E-state index contributed by atoms with van der Waals surface area (Å²) in [5.41, 5.74) is 1.49. The average molecular weight is 441 g/mol. The monoisotopic (exact) mass is 440 g/mol. The Balaban J connectivity index is 1.56. The van der Waals surface area contributed by atoms with Gasteiger partial charge in [0, 0.05) is 17.8 Å². The smallest absolute Gasteiger partial charge is 0.136 e. The van der Waals surface area contributed by atoms with Crippen molar-refractivity contribution in [3.63, 3.8) is 0 Å². The van der Waals surface area contributed by atoms with Crippen molar-refractivity contribution in [3.05, 3.63) is 0 Å². The quantitative estimate of drug-likeness (QED) is 0.393. The maximum atomic E-state index is 12.7. The maximum absolute atomic E-state index is 12.7. The van der Waals surface area contributed by atoms with Crippen LogP contribution in [0.15, 0.2) is 0 Å². The second-order valence-electron chi connectivity index (χ2n) is 15.0. The standard InChI is InChI=1S/C30H48O2/c1-20-21(32)8-9-23-27(5)15-17-29(7)24-18-25(2,3)12-13-26(24,4)14-16-28(29,6)22(27)10-11-30(20,23)19-31/h19-20,22-24H,8-18H2,1-7H3. The van der Waals surface area contributed by atoms with Gasteiger partial charge in [-0.2, -0.15) is 0 Å². The molecule has 32 heavy (non-hydrogen) atoms. The second-order valence-corrected chi connectivity index (χ2v) is 15.0. The van der Waals surface area contributed by atoms with Gasteiger partial charge in [0.1, 0.15) is 12.1 Å². The Morgan fingerprint density at radius 2 is 1.38 bits per heavy atom. The van der Waals surface area contributed by atoms with E-state index in [1.54, 1.807) is 0 Å². The highest BCUT2D eigenvalue weighted by molar-refractivity contribution is 5.86. The van der Waals surface area contributed by atoms with E-state index in [4.69, 9.17) is 0 Å². The van der Waals surface area contributed by atoms with Gasteiger partial charge in [-0.3, -0.25) is 4.79 Å². The van der Waals surface area contributed by atoms with E-state index in [0.717, 1.165) is 25.2 Å². The van der Waals surface area contributed by atoms with Gasteiger partial charge in [0.05, 0.1) is 0 Å². The zero-order chi connectivity index (χ0) is 23.4. The molecule has 0 amide bonds. The predicted octanol–water partition coefficient (Wildman–Crippen LogP) is 7.64. The third-order valence-electron chi connectivity index (χ3n) is 13.5. The van der Waals surface area contributed by atoms with Crippen LogP contribution in [0.25, 0.3) is 0 Å². The summed E-state index contributed by atoms with van der Waals surface area (Å²) >= 11 is 0. The minimum atomic E-state index is -0.402. The van der Waals surface area contributed by atoms with Crippen LogP contribution >= 0.6 is 0 Å². The molecule has 180 valence electrons. The number of rotatable bonds is 1. The SMILES string of the molecule is CC1C(=O)CCC2C3(C)CCC4(C)C5CC(C)(C)CCC5(C)CCC4(C)C3CCC12C=O. The van der Waals surface area contributed by atoms with Crippen molar-refractivity contribution in [1.82, 2.24) is 0 Å². The number of hydrogen-bond acceptors (Lipinski definition) is 2. The molecule has 5 saturated carbocycles. The first-order valence-electron chi connectivity index (χ1n) is 13.8. The lowest BCUT2D eigenvalue weighted by Gasteiger charge is -2.74. The number of carbonyl (C=O) groups is 2. The molecule has 0 aromatic heterocycles. The Morgan fingerprint density at radius 1 is 0.750 bits per heavy atom. The third-order valence-corrected chi connectivity index (χ3v) is 13.5. The van der Waals surface area contributed by atoms with Crippen molar-refractivity contribution in [2.24, 2.45) is 56.2 Å². The fourth-order valence-electron chi connectivity index (χ4n) is 11.1. The predicted molar refractivity (Wildman–Crippen MR) is 130 cm³/mol. The molecule has 0 saturated heterocycles. The summed E-state index contributed by atoms with van der Waals surface area (Å²) in [5.74, 6) is 2.12. The number of hydrogen-bond donors (Lipinski definition) is 0. The van der Waals surface area contributed by atoms with Gasteiger partial charge in [0.25, 0.3) is 0 Å². The minimum Gasteiger partial charge on any atom is -0.303 e. The lowest BCUT2D eigenvalue weighted by Crippen LogP contribution is -2.68. The number of ketones is 1. The molecule has 5 fully saturated rings. The molecule has 0 spiro atoms. The molecule has 0 bridgehead atoms. The van der Waals surface area contributed by atoms with Crippen LogP contribution < -0.4 is 0 Å². The van der Waals surface area contributed by atoms with Gasteiger partial charge in [0.2, 0.25) is 0 Å². The first-order chi connectivity index (χ1) is 14.8. The summed E-state index contributed by atoms with van der Waals surface area (Å²) in [4.78, 5) is 25.4. The van der Waals surface area contributed by atoms with E-state index in [0.29, 0.717) is 45.7 Å². The molecule has 2 nitrogen and oxygen atoms in total. The normalized spacial score (nSPS) is 56.9. The van der Waals surface area contributed by atoms with Crippen LogP contribution in [0.4, 0.5) is 0 Å². The van der Waals surface area contributed by atoms with Crippen molar-refractivity contribution in [3.8, 4) is 0 Å². The summed E-state index contributed by atoms with van der Waals surface area (Å²) < 4.78 is 0. The summed E-state index contributed by atoms with van der Waals surface area (Å²) in [6.07, 6.45) is 14.4. The molecule has 0 heterocycles. The summed E-state index contributed by atoms with van der Waals surface area (Å²) in [7, 11) is 0. The molecule has 0 aliphatic heterocycles. The average Bonchev–Trinajstić information content (AvgIpc) is 2.74. The van der Waals surface area contributed by atoms with E-state index in [-0.39, 0.29) is 11.3 Å². The first-order valence-corrected chi connectivity index (χ1v) is 13.8. The third kappa shape index (κ3) is 2.65. The van der Waals surface area contributed by atoms with E-state index in [9.17, 15) is 9.59 Å². The Morgan fingerprint density at radius 3 is 2.06 bits per heavy atom. The topological polar surface area (TPSA) is 34.1 Å². The highest BCUT2D eigenvalue weighted by atomic mass is 16.1. The lowest BCUT2D eigenvalue weighted by molar-refractivity contribution is -0.254. The van der Waals surface area contributed by atoms with E-state index < -0.39 is 5.41 Å². The van der Waals surface area contributed by atoms with Gasteiger partial charge in [-0.25, -0.2) is 0 Å². The van der Waals surface area contributed by atoms with Crippen molar-refractivity contribution in [2.75, 3.05) is 0 Å². The Hall–Kier alpha value is -0.660. The zero-order valence-corrected chi connectivity index (χ0v) is 22.0. The Kier molecular flexibility index (Phi) is 4.85. The van der Waals surface area contributed by atoms with Crippen LogP contribution in [0.2, 0.25) is 0 Å². The maximum Gasteiger partial charge on any atom is 0.136 e. The van der Waals surface area contributed by atoms with Gasteiger partial charge in [-0.1, -0.05) is 48.5 Å². The molecule has 9 atom stereocenters. The largest absolute Gasteiger partial charge is 0.303 e. The number of aldehydes is 1. The van der Waals surface area contributed by atoms with Crippen molar-refractivity contribution in [1.29, 1.82) is 0 Å². The van der Waals surface area contributed by atoms with Gasteiger partial charge in [-0.05, 0) is 109 Å². The van der Waals surface area contributed by atoms with Crippen molar-refractivity contribution in [2.45, 2.75) is 119 Å². The molecule has 9 unspecified atom stereocenters. The molecular formula is C30H48O2. The van der Waals surface area contributed by atoms with Crippen LogP contribution in [0.3, 0.4) is 0 Å². The molecular weight excluding hydrogens is 392 g/mol. The lowest BCUT2D eigenvalue weighted by atomic mass is 9.30. The van der Waals surface area contributed by atoms with Crippen LogP contribution in [0.1, 0.15) is 119 Å². The molecule has 0 radical (unpaired) electrons. The Bertz CT molecular complexity index is 829. The molecule has 5 aliphatic rings. The number of fused-ring (bicyclic) bond motifs is 7. The van der Waals surface area contributed by atoms with Crippen molar-refractivity contribution >= 4 is 12.1 Å². The van der Waals surface area contributed by atoms with Crippen LogP contribution in [-0.4, -0.2) is 12.1 Å². The molecule has 0 aromatic carbocycles. The zero-order valence-electron chi connectivity index (χ0n) is 22.0. The highest BCUT2D eigenvalue weighted by Gasteiger charge is 2.71. The first kappa shape index (κ1) is 23.1. The number of carbonyl (C=O) groups excluding carboxylic acids is 2. The van der Waals surface area contributed by atoms with Gasteiger partial charge < -0.3 is 4.79 Å². The van der Waals surface area contributed by atoms with Crippen LogP contribution in [0.5, 0.6) is 0 Å². The van der Waals surface area contributed by atoms with Gasteiger partial charge >= 0.3 is 0 Å². The minimum absolute atomic E-state index is 0.0913. The fraction of sp³-hybridized carbons (Fsp3) is 0.933. The molecule has 5 rings (SSSR count). The summed E-state index contributed by atoms with van der Waals surface area (Å²) in [5, 5.41) is 0. The van der Waals surface area contributed by atoms with Gasteiger partial charge in [0.15, 0.2) is 0 Å². The van der Waals surface area contributed by atoms with E-state index >= 15 is 0 Å². The summed E-state index contributed by atoms with van der Waals surface area (Å²) in [6, 6.07) is 0. The van der Waals surface area contributed by atoms with Crippen LogP contribution in [0, 0.1) is 56.2 Å². The van der Waals surface area contributed by atoms with Crippen molar-refractivity contribution < 1.29 is 9.59 Å². The number of Topliss-reactive ketones (excluding diaryl/α,β-unsaturated/α-hetero) is 1. The second kappa shape index (κ2) is 6.72. The van der Waals surface area contributed by atoms with Crippen LogP contribution in [-0.2, 0) is 9.59 Å². The molecule has 2 heteroatoms. The summed E-state index contributed by atoms with van der Waals surface area (Å²) in [6.45, 7) is 17.6. The fourth-order valence-corrected chi connectivity index (χ4v) is 11.1. The molecule has 0 N–H and O–H groups in total. The molecule has 0 aromatic rings. The van der Waals surface area contributed by atoms with E-state index in [1.807, 2.05) is 0 Å². The van der Waals surface area contributed by atoms with E-state index in [2.05, 4.69) is 48.5 Å². The molecule has 5 aliphatic carbocycles. The highest BCUT2D eigenvalue weighted by Crippen LogP contribution is 2.78.